The van der Waals surface area contributed by atoms with E-state index in [4.69, 9.17) is 4.74 Å². The minimum absolute atomic E-state index is 0.291. The van der Waals surface area contributed by atoms with E-state index in [0.29, 0.717) is 15.9 Å². The Morgan fingerprint density at radius 2 is 2.25 bits per heavy atom. The van der Waals surface area contributed by atoms with Gasteiger partial charge in [-0.15, -0.1) is 0 Å². The average molecular weight is 345 g/mol. The quantitative estimate of drug-likeness (QED) is 0.588. The van der Waals surface area contributed by atoms with Crippen molar-refractivity contribution in [2.45, 2.75) is 6.92 Å². The van der Waals surface area contributed by atoms with Crippen molar-refractivity contribution in [3.8, 4) is 5.75 Å². The molecule has 0 heterocycles. The fourth-order valence-electron chi connectivity index (χ4n) is 0.793. The summed E-state index contributed by atoms with van der Waals surface area (Å²) in [5.74, 6) is 0.0110. The fourth-order valence-corrected chi connectivity index (χ4v) is 2.26. The standard InChI is InChI=1S/C8H7BrFIO/c1-2-12-7-4-5(9)3-6(11)8(7)10/h3-4H,2H2,1H3. The molecular formula is C8H7BrFIO. The summed E-state index contributed by atoms with van der Waals surface area (Å²) in [4.78, 5) is 0. The maximum Gasteiger partial charge on any atom is 0.178 e. The smallest absolute Gasteiger partial charge is 0.178 e. The summed E-state index contributed by atoms with van der Waals surface area (Å²) < 4.78 is 19.7. The molecule has 0 atom stereocenters. The monoisotopic (exact) mass is 344 g/mol. The third-order valence-corrected chi connectivity index (χ3v) is 2.50. The molecule has 0 bridgehead atoms. The molecule has 0 fully saturated rings. The van der Waals surface area contributed by atoms with E-state index in [-0.39, 0.29) is 5.82 Å². The van der Waals surface area contributed by atoms with Gasteiger partial charge < -0.3 is 4.74 Å². The Morgan fingerprint density at radius 3 is 2.83 bits per heavy atom. The van der Waals surface area contributed by atoms with Crippen LogP contribution < -0.4 is 4.74 Å². The molecule has 4 heteroatoms. The number of hydrogen-bond acceptors (Lipinski definition) is 1. The second-order valence-electron chi connectivity index (χ2n) is 2.13. The van der Waals surface area contributed by atoms with Crippen LogP contribution in [0.25, 0.3) is 0 Å². The third kappa shape index (κ3) is 2.32. The van der Waals surface area contributed by atoms with Gasteiger partial charge in [0.05, 0.1) is 10.2 Å². The molecule has 1 aromatic carbocycles. The van der Waals surface area contributed by atoms with Crippen LogP contribution in [0.3, 0.4) is 0 Å². The van der Waals surface area contributed by atoms with Crippen molar-refractivity contribution in [3.63, 3.8) is 0 Å². The van der Waals surface area contributed by atoms with E-state index in [1.54, 1.807) is 12.1 Å². The molecular weight excluding hydrogens is 338 g/mol. The van der Waals surface area contributed by atoms with Crippen LogP contribution in [0.4, 0.5) is 4.39 Å². The lowest BCUT2D eigenvalue weighted by Crippen LogP contribution is -1.96. The van der Waals surface area contributed by atoms with Crippen LogP contribution in [0.5, 0.6) is 5.75 Å². The van der Waals surface area contributed by atoms with E-state index in [9.17, 15) is 4.39 Å². The first-order valence-electron chi connectivity index (χ1n) is 3.42. The summed E-state index contributed by atoms with van der Waals surface area (Å²) in [6, 6.07) is 3.33. The Labute approximate surface area is 92.6 Å². The Hall–Kier alpha value is 0.160. The molecule has 0 aliphatic carbocycles. The lowest BCUT2D eigenvalue weighted by Gasteiger charge is -2.05. The largest absolute Gasteiger partial charge is 0.491 e. The molecule has 66 valence electrons. The van der Waals surface area contributed by atoms with E-state index < -0.39 is 0 Å². The van der Waals surface area contributed by atoms with Gasteiger partial charge in [0.1, 0.15) is 0 Å². The Balaban J connectivity index is 3.09. The van der Waals surface area contributed by atoms with Gasteiger partial charge in [-0.2, -0.15) is 0 Å². The zero-order chi connectivity index (χ0) is 9.14. The maximum atomic E-state index is 13.2. The van der Waals surface area contributed by atoms with Crippen LogP contribution in [0.2, 0.25) is 0 Å². The molecule has 0 saturated carbocycles. The topological polar surface area (TPSA) is 9.23 Å². The van der Waals surface area contributed by atoms with E-state index in [1.165, 1.54) is 0 Å². The van der Waals surface area contributed by atoms with Gasteiger partial charge >= 0.3 is 0 Å². The van der Waals surface area contributed by atoms with Crippen LogP contribution in [-0.4, -0.2) is 6.61 Å². The summed E-state index contributed by atoms with van der Waals surface area (Å²) in [7, 11) is 0. The first kappa shape index (κ1) is 10.2. The number of halogens is 3. The summed E-state index contributed by atoms with van der Waals surface area (Å²) in [6.45, 7) is 2.30. The second-order valence-corrected chi connectivity index (χ2v) is 4.21. The fraction of sp³-hybridized carbons (Fsp3) is 0.250. The average Bonchev–Trinajstić information content (AvgIpc) is 2.00. The van der Waals surface area contributed by atoms with Crippen LogP contribution in [-0.2, 0) is 0 Å². The summed E-state index contributed by atoms with van der Waals surface area (Å²) in [5, 5.41) is 0. The molecule has 0 aliphatic rings. The molecule has 0 radical (unpaired) electrons. The van der Waals surface area contributed by atoms with E-state index >= 15 is 0 Å². The highest BCUT2D eigenvalue weighted by Gasteiger charge is 2.08. The van der Waals surface area contributed by atoms with Crippen LogP contribution in [0, 0.1) is 9.39 Å². The van der Waals surface area contributed by atoms with E-state index in [1.807, 2.05) is 29.5 Å². The van der Waals surface area contributed by atoms with Gasteiger partial charge in [0.2, 0.25) is 0 Å². The summed E-state index contributed by atoms with van der Waals surface area (Å²) >= 11 is 5.20. The Bertz CT molecular complexity index is 291. The zero-order valence-corrected chi connectivity index (χ0v) is 10.1. The van der Waals surface area contributed by atoms with Gasteiger partial charge in [0, 0.05) is 4.47 Å². The minimum Gasteiger partial charge on any atom is -0.491 e. The van der Waals surface area contributed by atoms with Crippen molar-refractivity contribution in [2.75, 3.05) is 6.61 Å². The van der Waals surface area contributed by atoms with Gasteiger partial charge in [0.15, 0.2) is 11.6 Å². The van der Waals surface area contributed by atoms with Crippen LogP contribution in [0.1, 0.15) is 6.92 Å². The van der Waals surface area contributed by atoms with E-state index in [0.717, 1.165) is 4.47 Å². The van der Waals surface area contributed by atoms with Crippen molar-refractivity contribution in [1.82, 2.24) is 0 Å². The molecule has 1 nitrogen and oxygen atoms in total. The van der Waals surface area contributed by atoms with Gasteiger partial charge in [0.25, 0.3) is 0 Å². The molecule has 1 rings (SSSR count). The SMILES string of the molecule is CCOc1cc(Br)cc(I)c1F. The number of hydrogen-bond donors (Lipinski definition) is 0. The second kappa shape index (κ2) is 4.41. The summed E-state index contributed by atoms with van der Waals surface area (Å²) in [6.07, 6.45) is 0. The molecule has 0 saturated heterocycles. The van der Waals surface area contributed by atoms with Gasteiger partial charge in [-0.3, -0.25) is 0 Å². The molecule has 0 spiro atoms. The molecule has 0 aromatic heterocycles. The van der Waals surface area contributed by atoms with Gasteiger partial charge in [-0.05, 0) is 41.6 Å². The van der Waals surface area contributed by atoms with Crippen molar-refractivity contribution in [1.29, 1.82) is 0 Å². The number of ether oxygens (including phenoxy) is 1. The molecule has 0 amide bonds. The predicted octanol–water partition coefficient (Wildman–Crippen LogP) is 3.59. The first-order valence-corrected chi connectivity index (χ1v) is 5.29. The highest BCUT2D eigenvalue weighted by atomic mass is 127. The minimum atomic E-state index is -0.291. The van der Waals surface area contributed by atoms with Crippen molar-refractivity contribution in [3.05, 3.63) is 26.0 Å². The van der Waals surface area contributed by atoms with Crippen LogP contribution >= 0.6 is 38.5 Å². The van der Waals surface area contributed by atoms with Crippen molar-refractivity contribution < 1.29 is 9.13 Å². The predicted molar refractivity (Wildman–Crippen MR) is 58.0 cm³/mol. The van der Waals surface area contributed by atoms with Crippen LogP contribution in [0.15, 0.2) is 16.6 Å². The molecule has 1 aromatic rings. The normalized spacial score (nSPS) is 10.0. The molecule has 0 aliphatic heterocycles. The Kier molecular flexibility index (Phi) is 3.77. The highest BCUT2D eigenvalue weighted by Crippen LogP contribution is 2.27. The van der Waals surface area contributed by atoms with Crippen molar-refractivity contribution in [2.24, 2.45) is 0 Å². The maximum absolute atomic E-state index is 13.2. The first-order chi connectivity index (χ1) is 5.65. The lowest BCUT2D eigenvalue weighted by atomic mass is 10.3. The Morgan fingerprint density at radius 1 is 1.58 bits per heavy atom. The molecule has 0 N–H and O–H groups in total. The molecule has 0 unspecified atom stereocenters. The molecule has 12 heavy (non-hydrogen) atoms. The zero-order valence-electron chi connectivity index (χ0n) is 6.40. The van der Waals surface area contributed by atoms with E-state index in [2.05, 4.69) is 15.9 Å². The van der Waals surface area contributed by atoms with Gasteiger partial charge in [-0.1, -0.05) is 15.9 Å². The third-order valence-electron chi connectivity index (χ3n) is 1.26. The highest BCUT2D eigenvalue weighted by molar-refractivity contribution is 14.1. The van der Waals surface area contributed by atoms with Gasteiger partial charge in [-0.25, -0.2) is 4.39 Å². The number of benzene rings is 1. The van der Waals surface area contributed by atoms with Crippen molar-refractivity contribution >= 4 is 38.5 Å². The summed E-state index contributed by atoms with van der Waals surface area (Å²) in [5.41, 5.74) is 0. The lowest BCUT2D eigenvalue weighted by molar-refractivity contribution is 0.320. The number of rotatable bonds is 2.